The van der Waals surface area contributed by atoms with Crippen molar-refractivity contribution in [2.75, 3.05) is 26.2 Å². The number of rotatable bonds is 4. The average molecular weight is 388 g/mol. The molecule has 0 bridgehead atoms. The molecule has 7 nitrogen and oxygen atoms in total. The predicted molar refractivity (Wildman–Crippen MR) is 108 cm³/mol. The van der Waals surface area contributed by atoms with E-state index in [1.54, 1.807) is 0 Å². The Morgan fingerprint density at radius 2 is 1.93 bits per heavy atom. The lowest BCUT2D eigenvalue weighted by Crippen LogP contribution is -2.35. The first kappa shape index (κ1) is 20.6. The molecule has 1 aliphatic heterocycles. The number of aromatic nitrogens is 3. The first-order valence-corrected chi connectivity index (χ1v) is 10.2. The topological polar surface area (TPSA) is 67.4 Å². The largest absolute Gasteiger partial charge is 0.444 e. The number of oxazole rings is 1. The molecule has 0 aliphatic carbocycles. The fourth-order valence-corrected chi connectivity index (χ4v) is 3.73. The van der Waals surface area contributed by atoms with Crippen LogP contribution in [-0.4, -0.2) is 56.7 Å². The molecule has 0 unspecified atom stereocenters. The Labute approximate surface area is 167 Å². The Morgan fingerprint density at radius 1 is 1.18 bits per heavy atom. The number of hydrogen-bond donors (Lipinski definition) is 0. The molecule has 28 heavy (non-hydrogen) atoms. The second kappa shape index (κ2) is 8.07. The van der Waals surface area contributed by atoms with E-state index in [2.05, 4.69) is 35.8 Å². The van der Waals surface area contributed by atoms with E-state index in [1.807, 2.05) is 36.5 Å². The molecule has 0 aromatic carbocycles. The van der Waals surface area contributed by atoms with Crippen LogP contribution < -0.4 is 0 Å². The standard InChI is InChI=1S/C21H33N5O2/c1-7-26-16(3)19(15(2)23-26)20(27)25-10-8-9-24(11-12-25)14-18-22-13-17(28-18)21(4,5)6/h13H,7-12,14H2,1-6H3. The molecule has 1 fully saturated rings. The van der Waals surface area contributed by atoms with E-state index in [9.17, 15) is 4.79 Å². The summed E-state index contributed by atoms with van der Waals surface area (Å²) >= 11 is 0. The second-order valence-corrected chi connectivity index (χ2v) is 8.65. The van der Waals surface area contributed by atoms with Crippen LogP contribution in [-0.2, 0) is 18.5 Å². The third-order valence-electron chi connectivity index (χ3n) is 5.42. The molecule has 2 aromatic rings. The summed E-state index contributed by atoms with van der Waals surface area (Å²) in [5, 5.41) is 4.50. The highest BCUT2D eigenvalue weighted by molar-refractivity contribution is 5.96. The summed E-state index contributed by atoms with van der Waals surface area (Å²) < 4.78 is 7.84. The Balaban J connectivity index is 1.64. The number of carbonyl (C=O) groups is 1. The van der Waals surface area contributed by atoms with Crippen molar-refractivity contribution in [2.45, 2.75) is 66.5 Å². The minimum Gasteiger partial charge on any atom is -0.444 e. The third-order valence-corrected chi connectivity index (χ3v) is 5.42. The van der Waals surface area contributed by atoms with Gasteiger partial charge in [-0.1, -0.05) is 20.8 Å². The molecule has 3 rings (SSSR count). The maximum absolute atomic E-state index is 13.1. The van der Waals surface area contributed by atoms with Gasteiger partial charge in [0.1, 0.15) is 5.76 Å². The second-order valence-electron chi connectivity index (χ2n) is 8.65. The van der Waals surface area contributed by atoms with Gasteiger partial charge in [-0.25, -0.2) is 4.98 Å². The summed E-state index contributed by atoms with van der Waals surface area (Å²) in [6.07, 6.45) is 2.78. The van der Waals surface area contributed by atoms with E-state index in [0.29, 0.717) is 13.1 Å². The molecular formula is C21H33N5O2. The maximum Gasteiger partial charge on any atom is 0.257 e. The molecule has 1 saturated heterocycles. The lowest BCUT2D eigenvalue weighted by molar-refractivity contribution is 0.0759. The normalized spacial score (nSPS) is 16.4. The van der Waals surface area contributed by atoms with Gasteiger partial charge in [-0.15, -0.1) is 0 Å². The molecule has 0 N–H and O–H groups in total. The van der Waals surface area contributed by atoms with Crippen molar-refractivity contribution in [1.29, 1.82) is 0 Å². The molecule has 3 heterocycles. The van der Waals surface area contributed by atoms with E-state index in [0.717, 1.165) is 61.2 Å². The van der Waals surface area contributed by atoms with Crippen LogP contribution in [0.3, 0.4) is 0 Å². The number of hydrogen-bond acceptors (Lipinski definition) is 5. The lowest BCUT2D eigenvalue weighted by Gasteiger charge is -2.21. The highest BCUT2D eigenvalue weighted by Gasteiger charge is 2.26. The zero-order valence-corrected chi connectivity index (χ0v) is 18.1. The molecule has 7 heteroatoms. The Morgan fingerprint density at radius 3 is 2.54 bits per heavy atom. The molecule has 1 amide bonds. The van der Waals surface area contributed by atoms with Crippen molar-refractivity contribution in [3.05, 3.63) is 34.8 Å². The molecule has 154 valence electrons. The van der Waals surface area contributed by atoms with Crippen LogP contribution in [0.5, 0.6) is 0 Å². The summed E-state index contributed by atoms with van der Waals surface area (Å²) in [6, 6.07) is 0. The van der Waals surface area contributed by atoms with E-state index >= 15 is 0 Å². The van der Waals surface area contributed by atoms with Gasteiger partial charge in [0.05, 0.1) is 24.0 Å². The minimum atomic E-state index is -0.0358. The number of nitrogens with zero attached hydrogens (tertiary/aromatic N) is 5. The summed E-state index contributed by atoms with van der Waals surface area (Å²) in [7, 11) is 0. The predicted octanol–water partition coefficient (Wildman–Crippen LogP) is 3.15. The first-order chi connectivity index (χ1) is 13.2. The van der Waals surface area contributed by atoms with Gasteiger partial charge < -0.3 is 9.32 Å². The van der Waals surface area contributed by atoms with Gasteiger partial charge in [-0.05, 0) is 27.2 Å². The first-order valence-electron chi connectivity index (χ1n) is 10.2. The number of aryl methyl sites for hydroxylation is 2. The van der Waals surface area contributed by atoms with Gasteiger partial charge in [-0.2, -0.15) is 5.10 Å². The zero-order chi connectivity index (χ0) is 20.5. The third kappa shape index (κ3) is 4.29. The monoisotopic (exact) mass is 387 g/mol. The fraction of sp³-hybridized carbons (Fsp3) is 0.667. The van der Waals surface area contributed by atoms with Gasteiger partial charge >= 0.3 is 0 Å². The highest BCUT2D eigenvalue weighted by Crippen LogP contribution is 2.23. The van der Waals surface area contributed by atoms with Gasteiger partial charge in [-0.3, -0.25) is 14.4 Å². The van der Waals surface area contributed by atoms with Gasteiger partial charge in [0.25, 0.3) is 5.91 Å². The van der Waals surface area contributed by atoms with Crippen molar-refractivity contribution >= 4 is 5.91 Å². The van der Waals surface area contributed by atoms with Crippen molar-refractivity contribution in [1.82, 2.24) is 24.6 Å². The zero-order valence-electron chi connectivity index (χ0n) is 18.1. The minimum absolute atomic E-state index is 0.0358. The molecule has 0 radical (unpaired) electrons. The van der Waals surface area contributed by atoms with Crippen molar-refractivity contribution in [3.8, 4) is 0 Å². The Kier molecular flexibility index (Phi) is 5.93. The smallest absolute Gasteiger partial charge is 0.257 e. The maximum atomic E-state index is 13.1. The van der Waals surface area contributed by atoms with Crippen LogP contribution in [0.25, 0.3) is 0 Å². The molecular weight excluding hydrogens is 354 g/mol. The SMILES string of the molecule is CCn1nc(C)c(C(=O)N2CCCN(Cc3ncc(C(C)(C)C)o3)CC2)c1C. The van der Waals surface area contributed by atoms with E-state index in [1.165, 1.54) is 0 Å². The number of carbonyl (C=O) groups excluding carboxylic acids is 1. The lowest BCUT2D eigenvalue weighted by atomic mass is 9.94. The Hall–Kier alpha value is -2.15. The van der Waals surface area contributed by atoms with Gasteiger partial charge in [0, 0.05) is 43.8 Å². The van der Waals surface area contributed by atoms with Crippen LogP contribution in [0, 0.1) is 13.8 Å². The molecule has 2 aromatic heterocycles. The molecule has 1 aliphatic rings. The van der Waals surface area contributed by atoms with Crippen molar-refractivity contribution in [3.63, 3.8) is 0 Å². The van der Waals surface area contributed by atoms with Crippen LogP contribution in [0.15, 0.2) is 10.6 Å². The van der Waals surface area contributed by atoms with Crippen molar-refractivity contribution in [2.24, 2.45) is 0 Å². The molecule has 0 saturated carbocycles. The van der Waals surface area contributed by atoms with Gasteiger partial charge in [0.2, 0.25) is 5.89 Å². The molecule has 0 spiro atoms. The van der Waals surface area contributed by atoms with Crippen molar-refractivity contribution < 1.29 is 9.21 Å². The molecule has 0 atom stereocenters. The van der Waals surface area contributed by atoms with E-state index in [4.69, 9.17) is 4.42 Å². The van der Waals surface area contributed by atoms with E-state index < -0.39 is 0 Å². The van der Waals surface area contributed by atoms with Crippen LogP contribution in [0.4, 0.5) is 0 Å². The number of amides is 1. The quantitative estimate of drug-likeness (QED) is 0.806. The summed E-state index contributed by atoms with van der Waals surface area (Å²) in [4.78, 5) is 21.9. The fourth-order valence-electron chi connectivity index (χ4n) is 3.73. The van der Waals surface area contributed by atoms with Crippen LogP contribution in [0.1, 0.15) is 67.5 Å². The van der Waals surface area contributed by atoms with E-state index in [-0.39, 0.29) is 11.3 Å². The summed E-state index contributed by atoms with van der Waals surface area (Å²) in [5.41, 5.74) is 2.50. The summed E-state index contributed by atoms with van der Waals surface area (Å²) in [5.74, 6) is 1.76. The summed E-state index contributed by atoms with van der Waals surface area (Å²) in [6.45, 7) is 17.0. The van der Waals surface area contributed by atoms with Crippen LogP contribution >= 0.6 is 0 Å². The highest BCUT2D eigenvalue weighted by atomic mass is 16.4. The van der Waals surface area contributed by atoms with Crippen LogP contribution in [0.2, 0.25) is 0 Å². The Bertz CT molecular complexity index is 830. The van der Waals surface area contributed by atoms with Gasteiger partial charge in [0.15, 0.2) is 0 Å². The average Bonchev–Trinajstić information content (AvgIpc) is 3.12.